The summed E-state index contributed by atoms with van der Waals surface area (Å²) in [5.74, 6) is 0.618. The monoisotopic (exact) mass is 205 g/mol. The Labute approximate surface area is 93.9 Å². The van der Waals surface area contributed by atoms with Crippen molar-refractivity contribution < 1.29 is 0 Å². The first-order valence-electron chi connectivity index (χ1n) is 6.03. The number of hydrogen-bond acceptors (Lipinski definition) is 1. The van der Waals surface area contributed by atoms with Crippen LogP contribution in [-0.2, 0) is 0 Å². The van der Waals surface area contributed by atoms with Crippen molar-refractivity contribution in [2.45, 2.75) is 52.5 Å². The van der Waals surface area contributed by atoms with Gasteiger partial charge in [-0.25, -0.2) is 0 Å². The van der Waals surface area contributed by atoms with Crippen LogP contribution in [0.25, 0.3) is 0 Å². The van der Waals surface area contributed by atoms with Crippen molar-refractivity contribution in [2.24, 2.45) is 0 Å². The zero-order chi connectivity index (χ0) is 11.3. The second-order valence-corrected chi connectivity index (χ2v) is 4.43. The molecule has 0 unspecified atom stereocenters. The van der Waals surface area contributed by atoms with Gasteiger partial charge in [-0.15, -0.1) is 0 Å². The lowest BCUT2D eigenvalue weighted by Gasteiger charge is -2.16. The van der Waals surface area contributed by atoms with Gasteiger partial charge in [-0.3, -0.25) is 0 Å². The summed E-state index contributed by atoms with van der Waals surface area (Å²) in [4.78, 5) is 0. The zero-order valence-electron chi connectivity index (χ0n) is 10.4. The normalized spacial score (nSPS) is 11.1. The lowest BCUT2D eigenvalue weighted by molar-refractivity contribution is 0.671. The average Bonchev–Trinajstić information content (AvgIpc) is 2.26. The minimum Gasteiger partial charge on any atom is -0.382 e. The van der Waals surface area contributed by atoms with Gasteiger partial charge in [-0.1, -0.05) is 39.8 Å². The molecule has 0 spiro atoms. The first kappa shape index (κ1) is 12.1. The number of rotatable bonds is 5. The van der Waals surface area contributed by atoms with Gasteiger partial charge in [0.15, 0.2) is 0 Å². The van der Waals surface area contributed by atoms with Crippen molar-refractivity contribution in [1.82, 2.24) is 0 Å². The molecule has 0 saturated heterocycles. The summed E-state index contributed by atoms with van der Waals surface area (Å²) in [7, 11) is 0. The molecule has 1 nitrogen and oxygen atoms in total. The fraction of sp³-hybridized carbons (Fsp3) is 0.571. The van der Waals surface area contributed by atoms with E-state index in [-0.39, 0.29) is 0 Å². The SMILES string of the molecule is CCC(CC)Nc1ccc(C(C)C)cc1. The smallest absolute Gasteiger partial charge is 0.0342 e. The van der Waals surface area contributed by atoms with Gasteiger partial charge in [0.2, 0.25) is 0 Å². The van der Waals surface area contributed by atoms with Gasteiger partial charge in [0.25, 0.3) is 0 Å². The predicted octanol–water partition coefficient (Wildman–Crippen LogP) is 4.41. The van der Waals surface area contributed by atoms with E-state index >= 15 is 0 Å². The van der Waals surface area contributed by atoms with Gasteiger partial charge in [0.1, 0.15) is 0 Å². The molecule has 0 heterocycles. The van der Waals surface area contributed by atoms with Crippen molar-refractivity contribution in [3.63, 3.8) is 0 Å². The van der Waals surface area contributed by atoms with Crippen LogP contribution in [0, 0.1) is 0 Å². The van der Waals surface area contributed by atoms with Crippen LogP contribution in [0.4, 0.5) is 5.69 Å². The Morgan fingerprint density at radius 3 is 1.93 bits per heavy atom. The second kappa shape index (κ2) is 5.79. The highest BCUT2D eigenvalue weighted by Crippen LogP contribution is 2.18. The molecule has 15 heavy (non-hydrogen) atoms. The van der Waals surface area contributed by atoms with Gasteiger partial charge < -0.3 is 5.32 Å². The standard InChI is InChI=1S/C14H23N/c1-5-13(6-2)15-14-9-7-12(8-10-14)11(3)4/h7-11,13,15H,5-6H2,1-4H3. The Kier molecular flexibility index (Phi) is 4.67. The first-order valence-corrected chi connectivity index (χ1v) is 6.03. The van der Waals surface area contributed by atoms with Crippen LogP contribution >= 0.6 is 0 Å². The first-order chi connectivity index (χ1) is 7.17. The van der Waals surface area contributed by atoms with E-state index in [0.717, 1.165) is 0 Å². The minimum absolute atomic E-state index is 0.606. The molecule has 1 N–H and O–H groups in total. The number of benzene rings is 1. The largest absolute Gasteiger partial charge is 0.382 e. The fourth-order valence-corrected chi connectivity index (χ4v) is 1.69. The Morgan fingerprint density at radius 1 is 1.00 bits per heavy atom. The molecule has 1 heteroatoms. The maximum Gasteiger partial charge on any atom is 0.0342 e. The Balaban J connectivity index is 2.63. The molecule has 0 fully saturated rings. The van der Waals surface area contributed by atoms with Gasteiger partial charge in [-0.2, -0.15) is 0 Å². The van der Waals surface area contributed by atoms with Gasteiger partial charge in [0, 0.05) is 11.7 Å². The summed E-state index contributed by atoms with van der Waals surface area (Å²) >= 11 is 0. The molecule has 0 radical (unpaired) electrons. The van der Waals surface area contributed by atoms with Crippen LogP contribution in [0.5, 0.6) is 0 Å². The van der Waals surface area contributed by atoms with E-state index in [1.807, 2.05) is 0 Å². The third-order valence-corrected chi connectivity index (χ3v) is 2.93. The minimum atomic E-state index is 0.606. The predicted molar refractivity (Wildman–Crippen MR) is 68.5 cm³/mol. The molecule has 0 aliphatic rings. The maximum atomic E-state index is 3.54. The Morgan fingerprint density at radius 2 is 1.53 bits per heavy atom. The van der Waals surface area contributed by atoms with E-state index in [1.165, 1.54) is 24.1 Å². The lowest BCUT2D eigenvalue weighted by atomic mass is 10.0. The van der Waals surface area contributed by atoms with E-state index < -0.39 is 0 Å². The van der Waals surface area contributed by atoms with E-state index in [1.54, 1.807) is 0 Å². The van der Waals surface area contributed by atoms with E-state index in [2.05, 4.69) is 57.3 Å². The topological polar surface area (TPSA) is 12.0 Å². The highest BCUT2D eigenvalue weighted by molar-refractivity contribution is 5.45. The van der Waals surface area contributed by atoms with Gasteiger partial charge >= 0.3 is 0 Å². The zero-order valence-corrected chi connectivity index (χ0v) is 10.4. The Bertz CT molecular complexity index is 270. The molecule has 0 aromatic heterocycles. The molecule has 0 aliphatic carbocycles. The number of anilines is 1. The molecule has 1 aromatic rings. The summed E-state index contributed by atoms with van der Waals surface area (Å²) in [5.41, 5.74) is 2.65. The molecule has 0 bridgehead atoms. The van der Waals surface area contributed by atoms with Crippen LogP contribution < -0.4 is 5.32 Å². The van der Waals surface area contributed by atoms with Crippen LogP contribution in [0.2, 0.25) is 0 Å². The number of nitrogens with one attached hydrogen (secondary N) is 1. The highest BCUT2D eigenvalue weighted by atomic mass is 14.9. The van der Waals surface area contributed by atoms with Crippen LogP contribution in [-0.4, -0.2) is 6.04 Å². The van der Waals surface area contributed by atoms with E-state index in [4.69, 9.17) is 0 Å². The maximum absolute atomic E-state index is 3.54. The molecule has 1 rings (SSSR count). The fourth-order valence-electron chi connectivity index (χ4n) is 1.69. The van der Waals surface area contributed by atoms with Crippen molar-refractivity contribution in [3.8, 4) is 0 Å². The molecule has 84 valence electrons. The molecule has 0 atom stereocenters. The summed E-state index contributed by atoms with van der Waals surface area (Å²) in [5, 5.41) is 3.54. The van der Waals surface area contributed by atoms with Crippen molar-refractivity contribution in [3.05, 3.63) is 29.8 Å². The summed E-state index contributed by atoms with van der Waals surface area (Å²) in [6, 6.07) is 9.42. The molecule has 0 saturated carbocycles. The summed E-state index contributed by atoms with van der Waals surface area (Å²) in [6.07, 6.45) is 2.37. The lowest BCUT2D eigenvalue weighted by Crippen LogP contribution is -2.16. The third-order valence-electron chi connectivity index (χ3n) is 2.93. The molecule has 1 aromatic carbocycles. The van der Waals surface area contributed by atoms with Gasteiger partial charge in [0.05, 0.1) is 0 Å². The Hall–Kier alpha value is -0.980. The molecular weight excluding hydrogens is 182 g/mol. The van der Waals surface area contributed by atoms with Crippen molar-refractivity contribution >= 4 is 5.69 Å². The van der Waals surface area contributed by atoms with Crippen LogP contribution in [0.1, 0.15) is 52.0 Å². The van der Waals surface area contributed by atoms with Gasteiger partial charge in [-0.05, 0) is 36.5 Å². The van der Waals surface area contributed by atoms with Crippen LogP contribution in [0.15, 0.2) is 24.3 Å². The second-order valence-electron chi connectivity index (χ2n) is 4.43. The summed E-state index contributed by atoms with van der Waals surface area (Å²) in [6.45, 7) is 8.90. The highest BCUT2D eigenvalue weighted by Gasteiger charge is 2.03. The van der Waals surface area contributed by atoms with Crippen LogP contribution in [0.3, 0.4) is 0 Å². The molecule has 0 aliphatic heterocycles. The molecule has 0 amide bonds. The van der Waals surface area contributed by atoms with E-state index in [9.17, 15) is 0 Å². The van der Waals surface area contributed by atoms with Crippen molar-refractivity contribution in [2.75, 3.05) is 5.32 Å². The molecular formula is C14H23N. The third kappa shape index (κ3) is 3.58. The van der Waals surface area contributed by atoms with Crippen molar-refractivity contribution in [1.29, 1.82) is 0 Å². The van der Waals surface area contributed by atoms with E-state index in [0.29, 0.717) is 12.0 Å². The summed E-state index contributed by atoms with van der Waals surface area (Å²) < 4.78 is 0. The number of hydrogen-bond donors (Lipinski definition) is 1. The average molecular weight is 205 g/mol. The quantitative estimate of drug-likeness (QED) is 0.750.